The third kappa shape index (κ3) is 14.3. The lowest BCUT2D eigenvalue weighted by molar-refractivity contribution is -0.384. The molecule has 0 aliphatic rings. The van der Waals surface area contributed by atoms with Crippen LogP contribution in [-0.4, -0.2) is 24.4 Å². The molecule has 190 valence electrons. The molecule has 1 aromatic rings. The summed E-state index contributed by atoms with van der Waals surface area (Å²) < 4.78 is 31.4. The van der Waals surface area contributed by atoms with E-state index >= 15 is 0 Å². The van der Waals surface area contributed by atoms with Crippen LogP contribution in [-0.2, 0) is 10.1 Å². The molecule has 2 N–H and O–H groups in total. The summed E-state index contributed by atoms with van der Waals surface area (Å²) in [6.45, 7) is 2.85. The fourth-order valence-corrected chi connectivity index (χ4v) is 4.55. The van der Waals surface area contributed by atoms with Crippen molar-refractivity contribution in [2.45, 2.75) is 121 Å². The maximum atomic E-state index is 11.2. The minimum atomic E-state index is -4.46. The number of nitrogens with zero attached hydrogens (tertiary/aromatic N) is 1. The first kappa shape index (κ1) is 29.4. The normalized spacial score (nSPS) is 11.6. The van der Waals surface area contributed by atoms with Gasteiger partial charge in [0.1, 0.15) is 10.6 Å². The van der Waals surface area contributed by atoms with Gasteiger partial charge in [0.2, 0.25) is 0 Å². The summed E-state index contributed by atoms with van der Waals surface area (Å²) in [6, 6.07) is 3.38. The molecule has 7 nitrogen and oxygen atoms in total. The smallest absolute Gasteiger partial charge is 0.294 e. The fraction of sp³-hybridized carbons (Fsp3) is 0.760. The Labute approximate surface area is 200 Å². The van der Waals surface area contributed by atoms with Crippen LogP contribution in [0.5, 0.6) is 0 Å². The van der Waals surface area contributed by atoms with E-state index in [2.05, 4.69) is 12.2 Å². The van der Waals surface area contributed by atoms with Crippen LogP contribution in [0.3, 0.4) is 0 Å². The number of anilines is 1. The SMILES string of the molecule is CCCCCCCCCCCCCCCCCCCNc1ccc(S(=O)(=O)O)cc1[N+](=O)[O-]. The van der Waals surface area contributed by atoms with Crippen LogP contribution in [0.4, 0.5) is 11.4 Å². The third-order valence-corrected chi connectivity index (χ3v) is 6.91. The number of benzene rings is 1. The predicted molar refractivity (Wildman–Crippen MR) is 136 cm³/mol. The Morgan fingerprint density at radius 2 is 1.21 bits per heavy atom. The molecule has 0 saturated carbocycles. The van der Waals surface area contributed by atoms with Crippen molar-refractivity contribution in [3.05, 3.63) is 28.3 Å². The van der Waals surface area contributed by atoms with Gasteiger partial charge in [0, 0.05) is 12.6 Å². The Kier molecular flexibility index (Phi) is 15.8. The quantitative estimate of drug-likeness (QED) is 0.0794. The van der Waals surface area contributed by atoms with Crippen LogP contribution in [0, 0.1) is 10.1 Å². The van der Waals surface area contributed by atoms with Crippen LogP contribution < -0.4 is 5.32 Å². The summed E-state index contributed by atoms with van der Waals surface area (Å²) in [7, 11) is -4.46. The maximum Gasteiger partial charge on any atom is 0.294 e. The highest BCUT2D eigenvalue weighted by molar-refractivity contribution is 7.85. The largest absolute Gasteiger partial charge is 0.379 e. The number of rotatable bonds is 21. The summed E-state index contributed by atoms with van der Waals surface area (Å²) >= 11 is 0. The molecule has 0 fully saturated rings. The Morgan fingerprint density at radius 1 is 0.788 bits per heavy atom. The van der Waals surface area contributed by atoms with Gasteiger partial charge < -0.3 is 5.32 Å². The number of nitro benzene ring substituents is 1. The van der Waals surface area contributed by atoms with E-state index in [0.29, 0.717) is 6.54 Å². The number of hydrogen-bond acceptors (Lipinski definition) is 5. The molecule has 1 rings (SSSR count). The molecule has 0 aliphatic heterocycles. The van der Waals surface area contributed by atoms with Gasteiger partial charge in [0.05, 0.1) is 4.92 Å². The van der Waals surface area contributed by atoms with E-state index < -0.39 is 19.9 Å². The first-order valence-corrected chi connectivity index (χ1v) is 14.3. The lowest BCUT2D eigenvalue weighted by atomic mass is 10.0. The van der Waals surface area contributed by atoms with Crippen molar-refractivity contribution in [1.82, 2.24) is 0 Å². The van der Waals surface area contributed by atoms with E-state index in [1.165, 1.54) is 102 Å². The molecule has 0 radical (unpaired) electrons. The van der Waals surface area contributed by atoms with Gasteiger partial charge in [0.15, 0.2) is 0 Å². The molecule has 0 aromatic heterocycles. The van der Waals surface area contributed by atoms with Crippen LogP contribution in [0.1, 0.15) is 116 Å². The van der Waals surface area contributed by atoms with Crippen molar-refractivity contribution in [1.29, 1.82) is 0 Å². The Hall–Kier alpha value is -1.67. The maximum absolute atomic E-state index is 11.2. The first-order chi connectivity index (χ1) is 15.9. The minimum absolute atomic E-state index is 0.267. The van der Waals surface area contributed by atoms with E-state index in [0.717, 1.165) is 25.3 Å². The van der Waals surface area contributed by atoms with E-state index in [9.17, 15) is 18.5 Å². The molecule has 0 aliphatic carbocycles. The molecule has 1 aromatic carbocycles. The summed E-state index contributed by atoms with van der Waals surface area (Å²) in [5.74, 6) is 0. The Morgan fingerprint density at radius 3 is 1.61 bits per heavy atom. The zero-order valence-corrected chi connectivity index (χ0v) is 21.2. The molecule has 0 unspecified atom stereocenters. The van der Waals surface area contributed by atoms with Gasteiger partial charge in [-0.1, -0.05) is 110 Å². The van der Waals surface area contributed by atoms with E-state index in [-0.39, 0.29) is 11.4 Å². The number of hydrogen-bond donors (Lipinski definition) is 2. The monoisotopic (exact) mass is 484 g/mol. The summed E-state index contributed by atoms with van der Waals surface area (Å²) in [5.41, 5.74) is -0.0824. The molecule has 33 heavy (non-hydrogen) atoms. The Bertz CT molecular complexity index is 768. The highest BCUT2D eigenvalue weighted by Gasteiger charge is 2.19. The van der Waals surface area contributed by atoms with Crippen molar-refractivity contribution >= 4 is 21.5 Å². The molecule has 8 heteroatoms. The third-order valence-electron chi connectivity index (χ3n) is 6.06. The van der Waals surface area contributed by atoms with E-state index in [4.69, 9.17) is 4.55 Å². The van der Waals surface area contributed by atoms with Crippen molar-refractivity contribution in [3.8, 4) is 0 Å². The van der Waals surface area contributed by atoms with Gasteiger partial charge in [-0.05, 0) is 18.6 Å². The van der Waals surface area contributed by atoms with Crippen molar-refractivity contribution in [3.63, 3.8) is 0 Å². The summed E-state index contributed by atoms with van der Waals surface area (Å²) in [5, 5.41) is 14.2. The summed E-state index contributed by atoms with van der Waals surface area (Å²) in [4.78, 5) is 10.1. The molecule has 0 spiro atoms. The van der Waals surface area contributed by atoms with Crippen molar-refractivity contribution in [2.24, 2.45) is 0 Å². The van der Waals surface area contributed by atoms with Crippen molar-refractivity contribution < 1.29 is 17.9 Å². The van der Waals surface area contributed by atoms with Crippen LogP contribution in [0.25, 0.3) is 0 Å². The molecular formula is C25H44N2O5S. The minimum Gasteiger partial charge on any atom is -0.379 e. The zero-order chi connectivity index (χ0) is 24.4. The molecule has 0 bridgehead atoms. The van der Waals surface area contributed by atoms with Gasteiger partial charge in [-0.3, -0.25) is 14.7 Å². The van der Waals surface area contributed by atoms with Crippen LogP contribution in [0.15, 0.2) is 23.1 Å². The van der Waals surface area contributed by atoms with Gasteiger partial charge in [-0.2, -0.15) is 8.42 Å². The highest BCUT2D eigenvalue weighted by Crippen LogP contribution is 2.27. The van der Waals surface area contributed by atoms with Crippen molar-refractivity contribution in [2.75, 3.05) is 11.9 Å². The predicted octanol–water partition coefficient (Wildman–Crippen LogP) is 7.91. The van der Waals surface area contributed by atoms with Gasteiger partial charge in [-0.25, -0.2) is 0 Å². The standard InChI is InChI=1S/C25H44N2O5S/c1-2-3-4-5-6-7-8-9-10-11-12-13-14-15-16-17-18-21-26-24-20-19-23(33(30,31)32)22-25(24)27(28)29/h19-20,22,26H,2-18,21H2,1H3,(H,30,31,32). The Balaban J connectivity index is 2.00. The molecule has 0 atom stereocenters. The zero-order valence-electron chi connectivity index (χ0n) is 20.4. The average molecular weight is 485 g/mol. The number of nitrogens with one attached hydrogen (secondary N) is 1. The van der Waals surface area contributed by atoms with E-state index in [1.54, 1.807) is 0 Å². The number of nitro groups is 1. The van der Waals surface area contributed by atoms with Crippen LogP contribution >= 0.6 is 0 Å². The second-order valence-corrected chi connectivity index (χ2v) is 10.4. The van der Waals surface area contributed by atoms with Crippen LogP contribution in [0.2, 0.25) is 0 Å². The van der Waals surface area contributed by atoms with Gasteiger partial charge >= 0.3 is 0 Å². The second-order valence-electron chi connectivity index (χ2n) is 8.99. The lowest BCUT2D eigenvalue weighted by Gasteiger charge is -2.08. The topological polar surface area (TPSA) is 110 Å². The number of unbranched alkanes of at least 4 members (excludes halogenated alkanes) is 16. The molecule has 0 amide bonds. The highest BCUT2D eigenvalue weighted by atomic mass is 32.2. The fourth-order valence-electron chi connectivity index (χ4n) is 4.05. The molecule has 0 saturated heterocycles. The lowest BCUT2D eigenvalue weighted by Crippen LogP contribution is -2.06. The summed E-state index contributed by atoms with van der Waals surface area (Å²) in [6.07, 6.45) is 22.1. The molecular weight excluding hydrogens is 440 g/mol. The second kappa shape index (κ2) is 17.8. The van der Waals surface area contributed by atoms with Gasteiger partial charge in [0.25, 0.3) is 15.8 Å². The first-order valence-electron chi connectivity index (χ1n) is 12.9. The average Bonchev–Trinajstić information content (AvgIpc) is 2.77. The van der Waals surface area contributed by atoms with E-state index in [1.807, 2.05) is 0 Å². The molecule has 0 heterocycles. The van der Waals surface area contributed by atoms with Gasteiger partial charge in [-0.15, -0.1) is 0 Å².